The maximum Gasteiger partial charge on any atom is 0.279 e. The number of hydrazine groups is 1. The summed E-state index contributed by atoms with van der Waals surface area (Å²) in [5, 5.41) is 0. The zero-order chi connectivity index (χ0) is 19.4. The number of hydrogen-bond donors (Lipinski definition) is 2. The van der Waals surface area contributed by atoms with E-state index in [2.05, 4.69) is 24.1 Å². The molecule has 1 heterocycles. The van der Waals surface area contributed by atoms with Gasteiger partial charge in [-0.3, -0.25) is 10.2 Å². The standard InChI is InChI=1S/C19H22N2O5S/c1-3-13(2)14-8-10-15(11-9-14)27(23,24)21-20-19(22)18-12-25-16-6-4-5-7-17(16)26-18/h4-11,13,18,21H,3,12H2,1-2H3,(H,20,22)/t13-,18-/m1/s1. The Labute approximate surface area is 158 Å². The Morgan fingerprint density at radius 1 is 1.15 bits per heavy atom. The average molecular weight is 390 g/mol. The molecule has 1 aliphatic rings. The number of ether oxygens (including phenoxy) is 2. The van der Waals surface area contributed by atoms with Crippen molar-refractivity contribution in [2.24, 2.45) is 0 Å². The largest absolute Gasteiger partial charge is 0.485 e. The molecule has 0 fully saturated rings. The first-order chi connectivity index (χ1) is 12.9. The van der Waals surface area contributed by atoms with E-state index in [9.17, 15) is 13.2 Å². The van der Waals surface area contributed by atoms with E-state index in [0.29, 0.717) is 17.4 Å². The fourth-order valence-corrected chi connectivity index (χ4v) is 3.46. The predicted octanol–water partition coefficient (Wildman–Crippen LogP) is 2.35. The molecule has 8 heteroatoms. The number of carbonyl (C=O) groups is 1. The summed E-state index contributed by atoms with van der Waals surface area (Å²) in [7, 11) is -3.88. The molecular weight excluding hydrogens is 368 g/mol. The number of nitrogens with one attached hydrogen (secondary N) is 2. The van der Waals surface area contributed by atoms with Gasteiger partial charge >= 0.3 is 0 Å². The zero-order valence-corrected chi connectivity index (χ0v) is 16.0. The van der Waals surface area contributed by atoms with Crippen LogP contribution in [-0.4, -0.2) is 27.0 Å². The third-order valence-electron chi connectivity index (χ3n) is 4.48. The molecule has 1 aliphatic heterocycles. The van der Waals surface area contributed by atoms with Gasteiger partial charge in [0.25, 0.3) is 15.9 Å². The van der Waals surface area contributed by atoms with Gasteiger partial charge in [-0.05, 0) is 42.2 Å². The summed E-state index contributed by atoms with van der Waals surface area (Å²) in [6.45, 7) is 4.14. The number of rotatable bonds is 6. The molecule has 3 rings (SSSR count). The van der Waals surface area contributed by atoms with Gasteiger partial charge in [-0.2, -0.15) is 0 Å². The quantitative estimate of drug-likeness (QED) is 0.739. The van der Waals surface area contributed by atoms with E-state index < -0.39 is 22.0 Å². The highest BCUT2D eigenvalue weighted by molar-refractivity contribution is 7.89. The van der Waals surface area contributed by atoms with Crippen LogP contribution in [0.2, 0.25) is 0 Å². The summed E-state index contributed by atoms with van der Waals surface area (Å²) >= 11 is 0. The number of amides is 1. The van der Waals surface area contributed by atoms with Crippen molar-refractivity contribution in [3.63, 3.8) is 0 Å². The summed E-state index contributed by atoms with van der Waals surface area (Å²) in [5.41, 5.74) is 3.25. The highest BCUT2D eigenvalue weighted by atomic mass is 32.2. The van der Waals surface area contributed by atoms with Crippen molar-refractivity contribution < 1.29 is 22.7 Å². The summed E-state index contributed by atoms with van der Waals surface area (Å²) in [4.78, 5) is 14.4. The van der Waals surface area contributed by atoms with Crippen LogP contribution in [0.3, 0.4) is 0 Å². The lowest BCUT2D eigenvalue weighted by atomic mass is 9.99. The van der Waals surface area contributed by atoms with Crippen LogP contribution in [0.5, 0.6) is 11.5 Å². The predicted molar refractivity (Wildman–Crippen MR) is 100.0 cm³/mol. The number of hydrogen-bond acceptors (Lipinski definition) is 5. The minimum atomic E-state index is -3.88. The van der Waals surface area contributed by atoms with Crippen molar-refractivity contribution in [1.29, 1.82) is 0 Å². The number of sulfonamides is 1. The Morgan fingerprint density at radius 3 is 2.48 bits per heavy atom. The highest BCUT2D eigenvalue weighted by Crippen LogP contribution is 2.30. The molecule has 2 N–H and O–H groups in total. The Morgan fingerprint density at radius 2 is 1.81 bits per heavy atom. The van der Waals surface area contributed by atoms with E-state index in [1.54, 1.807) is 36.4 Å². The van der Waals surface area contributed by atoms with Crippen molar-refractivity contribution in [1.82, 2.24) is 10.3 Å². The molecule has 1 amide bonds. The van der Waals surface area contributed by atoms with E-state index in [1.165, 1.54) is 12.1 Å². The molecule has 0 bridgehead atoms. The number of fused-ring (bicyclic) bond motifs is 1. The molecule has 0 saturated heterocycles. The van der Waals surface area contributed by atoms with Gasteiger partial charge < -0.3 is 9.47 Å². The first kappa shape index (κ1) is 19.2. The molecule has 144 valence electrons. The van der Waals surface area contributed by atoms with Gasteiger partial charge in [-0.25, -0.2) is 8.42 Å². The van der Waals surface area contributed by atoms with Gasteiger partial charge in [0.1, 0.15) is 6.61 Å². The Kier molecular flexibility index (Phi) is 5.67. The first-order valence-electron chi connectivity index (χ1n) is 8.71. The van der Waals surface area contributed by atoms with Crippen LogP contribution in [0, 0.1) is 0 Å². The zero-order valence-electron chi connectivity index (χ0n) is 15.1. The van der Waals surface area contributed by atoms with Gasteiger partial charge in [0, 0.05) is 0 Å². The third-order valence-corrected chi connectivity index (χ3v) is 5.74. The van der Waals surface area contributed by atoms with Gasteiger partial charge in [-0.15, -0.1) is 4.83 Å². The highest BCUT2D eigenvalue weighted by Gasteiger charge is 2.28. The van der Waals surface area contributed by atoms with E-state index >= 15 is 0 Å². The normalized spacial score (nSPS) is 17.2. The van der Waals surface area contributed by atoms with E-state index in [0.717, 1.165) is 12.0 Å². The van der Waals surface area contributed by atoms with E-state index in [1.807, 2.05) is 0 Å². The van der Waals surface area contributed by atoms with E-state index in [4.69, 9.17) is 9.47 Å². The molecule has 0 aliphatic carbocycles. The summed E-state index contributed by atoms with van der Waals surface area (Å²) < 4.78 is 35.7. The summed E-state index contributed by atoms with van der Waals surface area (Å²) in [6, 6.07) is 13.6. The fourth-order valence-electron chi connectivity index (χ4n) is 2.62. The molecule has 2 aromatic rings. The lowest BCUT2D eigenvalue weighted by molar-refractivity contribution is -0.130. The van der Waals surface area contributed by atoms with Gasteiger partial charge in [0.2, 0.25) is 6.10 Å². The average Bonchev–Trinajstić information content (AvgIpc) is 2.71. The minimum Gasteiger partial charge on any atom is -0.485 e. The van der Waals surface area contributed by atoms with Crippen LogP contribution >= 0.6 is 0 Å². The second-order valence-corrected chi connectivity index (χ2v) is 8.02. The smallest absolute Gasteiger partial charge is 0.279 e. The summed E-state index contributed by atoms with van der Waals surface area (Å²) in [6.07, 6.45) is 0.0165. The molecule has 0 saturated carbocycles. The molecule has 7 nitrogen and oxygen atoms in total. The molecule has 0 spiro atoms. The van der Waals surface area contributed by atoms with Crippen LogP contribution in [-0.2, 0) is 14.8 Å². The van der Waals surface area contributed by atoms with E-state index in [-0.39, 0.29) is 11.5 Å². The Bertz CT molecular complexity index is 912. The first-order valence-corrected chi connectivity index (χ1v) is 10.2. The van der Waals surface area contributed by atoms with Crippen molar-refractivity contribution in [3.8, 4) is 11.5 Å². The van der Waals surface area contributed by atoms with Crippen LogP contribution in [0.15, 0.2) is 53.4 Å². The minimum absolute atomic E-state index is 0.00578. The summed E-state index contributed by atoms with van der Waals surface area (Å²) in [5.74, 6) is 0.695. The van der Waals surface area contributed by atoms with Crippen molar-refractivity contribution in [3.05, 3.63) is 54.1 Å². The number of benzene rings is 2. The molecule has 2 atom stereocenters. The van der Waals surface area contributed by atoms with Crippen LogP contribution < -0.4 is 19.7 Å². The molecule has 0 unspecified atom stereocenters. The van der Waals surface area contributed by atoms with Crippen molar-refractivity contribution >= 4 is 15.9 Å². The molecule has 0 aromatic heterocycles. The fraction of sp³-hybridized carbons (Fsp3) is 0.316. The molecular formula is C19H22N2O5S. The van der Waals surface area contributed by atoms with Gasteiger partial charge in [-0.1, -0.05) is 38.1 Å². The maximum absolute atomic E-state index is 12.4. The van der Waals surface area contributed by atoms with Gasteiger partial charge in [0.05, 0.1) is 4.90 Å². The van der Waals surface area contributed by atoms with Crippen LogP contribution in [0.4, 0.5) is 0 Å². The second kappa shape index (κ2) is 7.98. The lowest BCUT2D eigenvalue weighted by Gasteiger charge is -2.25. The second-order valence-electron chi connectivity index (χ2n) is 6.34. The third kappa shape index (κ3) is 4.40. The van der Waals surface area contributed by atoms with Crippen LogP contribution in [0.25, 0.3) is 0 Å². The van der Waals surface area contributed by atoms with Crippen LogP contribution in [0.1, 0.15) is 31.7 Å². The Balaban J connectivity index is 1.61. The number of para-hydroxylation sites is 2. The molecule has 0 radical (unpaired) electrons. The number of carbonyl (C=O) groups excluding carboxylic acids is 1. The van der Waals surface area contributed by atoms with Gasteiger partial charge in [0.15, 0.2) is 11.5 Å². The van der Waals surface area contributed by atoms with Crippen molar-refractivity contribution in [2.75, 3.05) is 6.61 Å². The Hall–Kier alpha value is -2.58. The monoisotopic (exact) mass is 390 g/mol. The molecule has 2 aromatic carbocycles. The lowest BCUT2D eigenvalue weighted by Crippen LogP contribution is -2.50. The topological polar surface area (TPSA) is 93.7 Å². The van der Waals surface area contributed by atoms with Crippen molar-refractivity contribution in [2.45, 2.75) is 37.2 Å². The SMILES string of the molecule is CC[C@@H](C)c1ccc(S(=O)(=O)NNC(=O)[C@H]2COc3ccccc3O2)cc1. The molecule has 27 heavy (non-hydrogen) atoms. The maximum atomic E-state index is 12.4.